The molecule has 4 fully saturated rings. The number of hydrogen-bond acceptors (Lipinski definition) is 2. The summed E-state index contributed by atoms with van der Waals surface area (Å²) in [5, 5.41) is 14.5. The highest BCUT2D eigenvalue weighted by molar-refractivity contribution is 7.80. The summed E-state index contributed by atoms with van der Waals surface area (Å²) < 4.78 is 2.26. The van der Waals surface area contributed by atoms with Crippen LogP contribution in [0, 0.1) is 17.8 Å². The average Bonchev–Trinajstić information content (AvgIpc) is 3.16. The molecule has 3 aromatic rings. The van der Waals surface area contributed by atoms with Crippen LogP contribution < -0.4 is 10.6 Å². The van der Waals surface area contributed by atoms with Gasteiger partial charge >= 0.3 is 0 Å². The lowest BCUT2D eigenvalue weighted by Crippen LogP contribution is -2.52. The SMILES string of the molecule is S=C(Nc1ccn(C23CC4CC(CC(C4)C2)C3)n1)Nc1cccc2ccccc12. The Kier molecular flexibility index (Phi) is 3.95. The number of nitrogens with zero attached hydrogens (tertiary/aromatic N) is 2. The lowest BCUT2D eigenvalue weighted by molar-refractivity contribution is -0.0492. The number of anilines is 2. The van der Waals surface area contributed by atoms with Gasteiger partial charge < -0.3 is 10.6 Å². The molecule has 0 unspecified atom stereocenters. The zero-order chi connectivity index (χ0) is 19.4. The number of nitrogens with one attached hydrogen (secondary N) is 2. The minimum atomic E-state index is 0.249. The summed E-state index contributed by atoms with van der Waals surface area (Å²) in [5.41, 5.74) is 1.26. The molecule has 4 nitrogen and oxygen atoms in total. The van der Waals surface area contributed by atoms with Gasteiger partial charge in [0.1, 0.15) is 0 Å². The lowest BCUT2D eigenvalue weighted by atomic mass is 9.53. The molecule has 1 heterocycles. The van der Waals surface area contributed by atoms with Crippen molar-refractivity contribution < 1.29 is 0 Å². The van der Waals surface area contributed by atoms with Crippen molar-refractivity contribution in [3.05, 3.63) is 54.7 Å². The summed E-state index contributed by atoms with van der Waals surface area (Å²) in [7, 11) is 0. The highest BCUT2D eigenvalue weighted by Gasteiger charge is 2.52. The van der Waals surface area contributed by atoms with Gasteiger partial charge in [-0.3, -0.25) is 4.68 Å². The van der Waals surface area contributed by atoms with Crippen molar-refractivity contribution in [2.45, 2.75) is 44.1 Å². The van der Waals surface area contributed by atoms with Crippen LogP contribution in [0.3, 0.4) is 0 Å². The Morgan fingerprint density at radius 2 is 1.59 bits per heavy atom. The zero-order valence-electron chi connectivity index (χ0n) is 16.5. The molecular weight excluding hydrogens is 376 g/mol. The maximum atomic E-state index is 5.59. The van der Waals surface area contributed by atoms with Crippen molar-refractivity contribution in [2.24, 2.45) is 17.8 Å². The van der Waals surface area contributed by atoms with Gasteiger partial charge in [-0.1, -0.05) is 36.4 Å². The Balaban J connectivity index is 1.19. The third-order valence-corrected chi connectivity index (χ3v) is 7.56. The van der Waals surface area contributed by atoms with Crippen molar-refractivity contribution in [2.75, 3.05) is 10.6 Å². The van der Waals surface area contributed by atoms with E-state index < -0.39 is 0 Å². The Morgan fingerprint density at radius 3 is 2.34 bits per heavy atom. The molecule has 0 saturated heterocycles. The van der Waals surface area contributed by atoms with Crippen LogP contribution in [-0.4, -0.2) is 14.9 Å². The summed E-state index contributed by atoms with van der Waals surface area (Å²) in [6.45, 7) is 0. The first-order valence-electron chi connectivity index (χ1n) is 10.8. The first-order valence-corrected chi connectivity index (χ1v) is 11.2. The van der Waals surface area contributed by atoms with Crippen LogP contribution in [0.4, 0.5) is 11.5 Å². The molecule has 2 N–H and O–H groups in total. The third-order valence-electron chi connectivity index (χ3n) is 7.36. The van der Waals surface area contributed by atoms with Crippen molar-refractivity contribution in [1.29, 1.82) is 0 Å². The van der Waals surface area contributed by atoms with E-state index >= 15 is 0 Å². The Labute approximate surface area is 176 Å². The number of thiocarbonyl (C=S) groups is 1. The zero-order valence-corrected chi connectivity index (χ0v) is 17.3. The van der Waals surface area contributed by atoms with E-state index in [9.17, 15) is 0 Å². The van der Waals surface area contributed by atoms with Gasteiger partial charge in [-0.25, -0.2) is 0 Å². The van der Waals surface area contributed by atoms with E-state index in [1.807, 2.05) is 0 Å². The van der Waals surface area contributed by atoms with E-state index in [-0.39, 0.29) is 5.54 Å². The largest absolute Gasteiger partial charge is 0.332 e. The van der Waals surface area contributed by atoms with Crippen LogP contribution in [0.5, 0.6) is 0 Å². The first-order chi connectivity index (χ1) is 14.2. The molecule has 29 heavy (non-hydrogen) atoms. The van der Waals surface area contributed by atoms with Crippen LogP contribution in [0.2, 0.25) is 0 Å². The fraction of sp³-hybridized carbons (Fsp3) is 0.417. The van der Waals surface area contributed by atoms with Gasteiger partial charge in [0.05, 0.1) is 5.54 Å². The van der Waals surface area contributed by atoms with Gasteiger partial charge in [0.25, 0.3) is 0 Å². The molecule has 0 spiro atoms. The third kappa shape index (κ3) is 3.03. The molecule has 0 amide bonds. The van der Waals surface area contributed by atoms with Crippen LogP contribution >= 0.6 is 12.2 Å². The van der Waals surface area contributed by atoms with Gasteiger partial charge in [-0.2, -0.15) is 5.10 Å². The number of aromatic nitrogens is 2. The van der Waals surface area contributed by atoms with Crippen molar-refractivity contribution in [3.63, 3.8) is 0 Å². The molecule has 5 heteroatoms. The second-order valence-corrected chi connectivity index (χ2v) is 9.80. The molecule has 148 valence electrons. The second kappa shape index (κ2) is 6.56. The molecule has 7 rings (SSSR count). The topological polar surface area (TPSA) is 41.9 Å². The lowest BCUT2D eigenvalue weighted by Gasteiger charge is -2.56. The number of benzene rings is 2. The highest BCUT2D eigenvalue weighted by Crippen LogP contribution is 2.58. The molecule has 2 aromatic carbocycles. The van der Waals surface area contributed by atoms with E-state index in [2.05, 4.69) is 70.0 Å². The molecular formula is C24H26N4S. The van der Waals surface area contributed by atoms with E-state index in [4.69, 9.17) is 17.3 Å². The standard InChI is InChI=1S/C24H26N4S/c29-23(25-21-7-3-5-19-4-1-2-6-20(19)21)26-22-8-9-28(27-22)24-13-16-10-17(14-24)12-18(11-16)15-24/h1-9,16-18H,10-15H2,(H2,25,26,27,29). The molecule has 1 aromatic heterocycles. The van der Waals surface area contributed by atoms with E-state index in [1.165, 1.54) is 49.3 Å². The smallest absolute Gasteiger partial charge is 0.176 e. The molecule has 0 aliphatic heterocycles. The fourth-order valence-electron chi connectivity index (χ4n) is 6.60. The Hall–Kier alpha value is -2.40. The summed E-state index contributed by atoms with van der Waals surface area (Å²) in [4.78, 5) is 0. The predicted octanol–water partition coefficient (Wildman–Crippen LogP) is 5.77. The summed E-state index contributed by atoms with van der Waals surface area (Å²) in [5.74, 6) is 3.57. The molecule has 4 saturated carbocycles. The van der Waals surface area contributed by atoms with Gasteiger partial charge in [0.15, 0.2) is 10.9 Å². The summed E-state index contributed by atoms with van der Waals surface area (Å²) >= 11 is 5.59. The molecule has 4 bridgehead atoms. The highest BCUT2D eigenvalue weighted by atomic mass is 32.1. The minimum Gasteiger partial charge on any atom is -0.332 e. The number of rotatable bonds is 3. The summed E-state index contributed by atoms with van der Waals surface area (Å²) in [6, 6.07) is 16.6. The van der Waals surface area contributed by atoms with E-state index in [0.29, 0.717) is 5.11 Å². The fourth-order valence-corrected chi connectivity index (χ4v) is 6.82. The van der Waals surface area contributed by atoms with Crippen molar-refractivity contribution in [3.8, 4) is 0 Å². The Bertz CT molecular complexity index is 1040. The van der Waals surface area contributed by atoms with Crippen LogP contribution in [0.1, 0.15) is 38.5 Å². The Morgan fingerprint density at radius 1 is 0.897 bits per heavy atom. The summed E-state index contributed by atoms with van der Waals surface area (Å²) in [6.07, 6.45) is 10.4. The quantitative estimate of drug-likeness (QED) is 0.546. The molecule has 4 aliphatic carbocycles. The van der Waals surface area contributed by atoms with Gasteiger partial charge in [-0.05, 0) is 79.9 Å². The molecule has 0 atom stereocenters. The van der Waals surface area contributed by atoms with Crippen LogP contribution in [0.25, 0.3) is 10.8 Å². The van der Waals surface area contributed by atoms with E-state index in [0.717, 1.165) is 29.3 Å². The van der Waals surface area contributed by atoms with Crippen molar-refractivity contribution >= 4 is 39.6 Å². The van der Waals surface area contributed by atoms with Crippen molar-refractivity contribution in [1.82, 2.24) is 9.78 Å². The van der Waals surface area contributed by atoms with Crippen LogP contribution in [-0.2, 0) is 5.54 Å². The van der Waals surface area contributed by atoms with Crippen LogP contribution in [0.15, 0.2) is 54.7 Å². The van der Waals surface area contributed by atoms with E-state index in [1.54, 1.807) is 0 Å². The van der Waals surface area contributed by atoms with Gasteiger partial charge in [0, 0.05) is 23.3 Å². The maximum absolute atomic E-state index is 5.59. The monoisotopic (exact) mass is 402 g/mol. The minimum absolute atomic E-state index is 0.249. The normalized spacial score (nSPS) is 29.9. The first kappa shape index (κ1) is 17.5. The number of hydrogen-bond donors (Lipinski definition) is 2. The van der Waals surface area contributed by atoms with Gasteiger partial charge in [0.2, 0.25) is 0 Å². The second-order valence-electron chi connectivity index (χ2n) is 9.39. The maximum Gasteiger partial charge on any atom is 0.176 e. The average molecular weight is 403 g/mol. The van der Waals surface area contributed by atoms with Gasteiger partial charge in [-0.15, -0.1) is 0 Å². The predicted molar refractivity (Wildman–Crippen MR) is 122 cm³/mol. The molecule has 4 aliphatic rings. The molecule has 0 radical (unpaired) electrons. The number of fused-ring (bicyclic) bond motifs is 1.